The van der Waals surface area contributed by atoms with Gasteiger partial charge in [-0.25, -0.2) is 8.42 Å². The summed E-state index contributed by atoms with van der Waals surface area (Å²) in [6, 6.07) is 13.0. The van der Waals surface area contributed by atoms with Gasteiger partial charge in [0.05, 0.1) is 44.6 Å². The molecule has 0 heterocycles. The first kappa shape index (κ1) is 31.4. The monoisotopic (exact) mass is 596 g/mol. The standard InChI is InChI=1S/C28H31F3N2O7S/c1-37-23-12-10-19(15-25(23)39-3)7-6-14-32-27(34)18-33(21-9-5-8-20(16-21)28(29,30)31)41(35,36)22-11-13-24(38-2)26(17-22)40-4/h5,8-13,15-17H,6-7,14,18H2,1-4H3,(H,32,34). The molecule has 0 saturated heterocycles. The summed E-state index contributed by atoms with van der Waals surface area (Å²) in [4.78, 5) is 12.6. The predicted octanol–water partition coefficient (Wildman–Crippen LogP) is 4.68. The molecule has 0 spiro atoms. The molecule has 222 valence electrons. The molecule has 3 aromatic carbocycles. The molecule has 0 fully saturated rings. The van der Waals surface area contributed by atoms with Gasteiger partial charge in [0.2, 0.25) is 5.91 Å². The van der Waals surface area contributed by atoms with Crippen molar-refractivity contribution in [3.63, 3.8) is 0 Å². The number of halogens is 3. The molecule has 0 atom stereocenters. The fourth-order valence-corrected chi connectivity index (χ4v) is 5.43. The van der Waals surface area contributed by atoms with Crippen LogP contribution < -0.4 is 28.6 Å². The van der Waals surface area contributed by atoms with Crippen molar-refractivity contribution in [2.45, 2.75) is 23.9 Å². The lowest BCUT2D eigenvalue weighted by molar-refractivity contribution is -0.137. The van der Waals surface area contributed by atoms with Crippen molar-refractivity contribution < 1.29 is 45.3 Å². The Bertz CT molecular complexity index is 1460. The zero-order valence-electron chi connectivity index (χ0n) is 22.9. The van der Waals surface area contributed by atoms with Crippen molar-refractivity contribution in [3.05, 3.63) is 71.8 Å². The lowest BCUT2D eigenvalue weighted by Gasteiger charge is -2.25. The number of amides is 1. The molecule has 1 amide bonds. The van der Waals surface area contributed by atoms with Gasteiger partial charge in [-0.2, -0.15) is 13.2 Å². The molecule has 0 aliphatic heterocycles. The van der Waals surface area contributed by atoms with Crippen molar-refractivity contribution in [3.8, 4) is 23.0 Å². The Morgan fingerprint density at radius 2 is 1.44 bits per heavy atom. The highest BCUT2D eigenvalue weighted by Crippen LogP contribution is 2.35. The third kappa shape index (κ3) is 7.75. The maximum absolute atomic E-state index is 13.7. The number of aryl methyl sites for hydroxylation is 1. The van der Waals surface area contributed by atoms with Gasteiger partial charge in [0.25, 0.3) is 10.0 Å². The number of carbonyl (C=O) groups is 1. The Balaban J connectivity index is 1.82. The fourth-order valence-electron chi connectivity index (χ4n) is 4.00. The van der Waals surface area contributed by atoms with Gasteiger partial charge in [-0.15, -0.1) is 0 Å². The van der Waals surface area contributed by atoms with Crippen LogP contribution in [0.1, 0.15) is 17.5 Å². The molecule has 0 bridgehead atoms. The van der Waals surface area contributed by atoms with Gasteiger partial charge >= 0.3 is 6.18 Å². The molecule has 0 aromatic heterocycles. The van der Waals surface area contributed by atoms with E-state index in [1.165, 1.54) is 52.7 Å². The van der Waals surface area contributed by atoms with Crippen LogP contribution >= 0.6 is 0 Å². The van der Waals surface area contributed by atoms with E-state index in [9.17, 15) is 26.4 Å². The highest BCUT2D eigenvalue weighted by molar-refractivity contribution is 7.92. The average Bonchev–Trinajstić information content (AvgIpc) is 2.97. The van der Waals surface area contributed by atoms with Gasteiger partial charge in [-0.3, -0.25) is 9.10 Å². The van der Waals surface area contributed by atoms with Crippen molar-refractivity contribution in [1.29, 1.82) is 0 Å². The van der Waals surface area contributed by atoms with Gasteiger partial charge in [0, 0.05) is 12.6 Å². The largest absolute Gasteiger partial charge is 0.493 e. The number of nitrogens with zero attached hydrogens (tertiary/aromatic N) is 1. The van der Waals surface area contributed by atoms with E-state index in [1.807, 2.05) is 12.1 Å². The third-order valence-electron chi connectivity index (χ3n) is 6.10. The van der Waals surface area contributed by atoms with Crippen LogP contribution in [0.3, 0.4) is 0 Å². The summed E-state index contributed by atoms with van der Waals surface area (Å²) in [5.41, 5.74) is -0.452. The van der Waals surface area contributed by atoms with E-state index in [0.717, 1.165) is 17.7 Å². The Hall–Kier alpha value is -4.13. The molecular weight excluding hydrogens is 565 g/mol. The van der Waals surface area contributed by atoms with Crippen LogP contribution in [0.25, 0.3) is 0 Å². The predicted molar refractivity (Wildman–Crippen MR) is 146 cm³/mol. The second-order valence-electron chi connectivity index (χ2n) is 8.72. The van der Waals surface area contributed by atoms with E-state index in [0.29, 0.717) is 34.7 Å². The number of carbonyl (C=O) groups excluding carboxylic acids is 1. The van der Waals surface area contributed by atoms with E-state index >= 15 is 0 Å². The number of sulfonamides is 1. The molecule has 3 rings (SSSR count). The second-order valence-corrected chi connectivity index (χ2v) is 10.6. The minimum atomic E-state index is -4.72. The smallest absolute Gasteiger partial charge is 0.416 e. The van der Waals surface area contributed by atoms with Crippen LogP contribution in [-0.4, -0.2) is 55.9 Å². The van der Waals surface area contributed by atoms with Gasteiger partial charge in [-0.05, 0) is 60.9 Å². The molecular formula is C28H31F3N2O7S. The van der Waals surface area contributed by atoms with E-state index in [4.69, 9.17) is 18.9 Å². The summed E-state index contributed by atoms with van der Waals surface area (Å²) in [5, 5.41) is 2.65. The van der Waals surface area contributed by atoms with E-state index in [1.54, 1.807) is 6.07 Å². The maximum atomic E-state index is 13.7. The minimum Gasteiger partial charge on any atom is -0.493 e. The molecule has 0 aliphatic rings. The molecule has 0 aliphatic carbocycles. The molecule has 0 unspecified atom stereocenters. The number of benzene rings is 3. The van der Waals surface area contributed by atoms with Crippen LogP contribution in [0.15, 0.2) is 65.6 Å². The number of alkyl halides is 3. The van der Waals surface area contributed by atoms with E-state index < -0.39 is 34.2 Å². The molecule has 1 N–H and O–H groups in total. The first-order valence-corrected chi connectivity index (χ1v) is 13.8. The summed E-state index contributed by atoms with van der Waals surface area (Å²) in [6.45, 7) is -0.561. The zero-order valence-corrected chi connectivity index (χ0v) is 23.8. The lowest BCUT2D eigenvalue weighted by Crippen LogP contribution is -2.41. The van der Waals surface area contributed by atoms with Crippen LogP contribution in [0.2, 0.25) is 0 Å². The maximum Gasteiger partial charge on any atom is 0.416 e. The molecule has 3 aromatic rings. The van der Waals surface area contributed by atoms with E-state index in [2.05, 4.69) is 5.32 Å². The van der Waals surface area contributed by atoms with Crippen molar-refractivity contribution in [1.82, 2.24) is 5.32 Å². The average molecular weight is 597 g/mol. The fraction of sp³-hybridized carbons (Fsp3) is 0.321. The Labute approximate surface area is 236 Å². The van der Waals surface area contributed by atoms with Crippen molar-refractivity contribution in [2.24, 2.45) is 0 Å². The number of hydrogen-bond donors (Lipinski definition) is 1. The minimum absolute atomic E-state index is 0.0946. The Morgan fingerprint density at radius 1 is 0.829 bits per heavy atom. The molecule has 41 heavy (non-hydrogen) atoms. The molecule has 9 nitrogen and oxygen atoms in total. The van der Waals surface area contributed by atoms with Crippen LogP contribution in [0.4, 0.5) is 18.9 Å². The number of methoxy groups -OCH3 is 4. The van der Waals surface area contributed by atoms with Crippen LogP contribution in [0.5, 0.6) is 23.0 Å². The molecule has 0 saturated carbocycles. The summed E-state index contributed by atoms with van der Waals surface area (Å²) in [7, 11) is 1.22. The SMILES string of the molecule is COc1ccc(CCCNC(=O)CN(c2cccc(C(F)(F)F)c2)S(=O)(=O)c2ccc(OC)c(OC)c2)cc1OC. The lowest BCUT2D eigenvalue weighted by atomic mass is 10.1. The normalized spacial score (nSPS) is 11.5. The van der Waals surface area contributed by atoms with E-state index in [-0.39, 0.29) is 28.6 Å². The summed E-state index contributed by atoms with van der Waals surface area (Å²) in [6.07, 6.45) is -3.64. The first-order valence-electron chi connectivity index (χ1n) is 12.3. The highest BCUT2D eigenvalue weighted by atomic mass is 32.2. The first-order chi connectivity index (χ1) is 19.4. The topological polar surface area (TPSA) is 103 Å². The highest BCUT2D eigenvalue weighted by Gasteiger charge is 2.33. The molecule has 13 heteroatoms. The zero-order chi connectivity index (χ0) is 30.2. The molecule has 0 radical (unpaired) electrons. The quantitative estimate of drug-likeness (QED) is 0.286. The van der Waals surface area contributed by atoms with Gasteiger partial charge in [0.15, 0.2) is 23.0 Å². The number of anilines is 1. The number of hydrogen-bond acceptors (Lipinski definition) is 7. The Morgan fingerprint density at radius 3 is 2.05 bits per heavy atom. The van der Waals surface area contributed by atoms with Crippen molar-refractivity contribution >= 4 is 21.6 Å². The number of rotatable bonds is 13. The third-order valence-corrected chi connectivity index (χ3v) is 7.87. The van der Waals surface area contributed by atoms with Gasteiger partial charge in [-0.1, -0.05) is 12.1 Å². The van der Waals surface area contributed by atoms with Crippen molar-refractivity contribution in [2.75, 3.05) is 45.8 Å². The Kier molecular flexibility index (Phi) is 10.3. The summed E-state index contributed by atoms with van der Waals surface area (Å²) in [5.74, 6) is 0.793. The number of nitrogens with one attached hydrogen (secondary N) is 1. The summed E-state index contributed by atoms with van der Waals surface area (Å²) >= 11 is 0. The number of ether oxygens (including phenoxy) is 4. The van der Waals surface area contributed by atoms with Crippen LogP contribution in [0, 0.1) is 0 Å². The summed E-state index contributed by atoms with van der Waals surface area (Å²) < 4.78 is 89.1. The van der Waals surface area contributed by atoms with Gasteiger partial charge in [0.1, 0.15) is 6.54 Å². The second kappa shape index (κ2) is 13.5. The van der Waals surface area contributed by atoms with Gasteiger partial charge < -0.3 is 24.3 Å². The van der Waals surface area contributed by atoms with Crippen LogP contribution in [-0.2, 0) is 27.4 Å².